The van der Waals surface area contributed by atoms with E-state index in [2.05, 4.69) is 20.2 Å². The van der Waals surface area contributed by atoms with Crippen LogP contribution in [0.15, 0.2) is 65.7 Å². The summed E-state index contributed by atoms with van der Waals surface area (Å²) in [6.07, 6.45) is 0. The summed E-state index contributed by atoms with van der Waals surface area (Å²) in [6.45, 7) is 2.91. The number of benzene rings is 2. The number of hydrogen-bond donors (Lipinski definition) is 0. The van der Waals surface area contributed by atoms with Gasteiger partial charge in [-0.05, 0) is 60.7 Å². The summed E-state index contributed by atoms with van der Waals surface area (Å²) in [6, 6.07) is 17.4. The highest BCUT2D eigenvalue weighted by molar-refractivity contribution is 7.99. The first-order valence-electron chi connectivity index (χ1n) is 10.5. The van der Waals surface area contributed by atoms with Crippen molar-refractivity contribution in [3.63, 3.8) is 0 Å². The van der Waals surface area contributed by atoms with Gasteiger partial charge in [0.2, 0.25) is 5.91 Å². The number of thioether (sulfide) groups is 1. The lowest BCUT2D eigenvalue weighted by molar-refractivity contribution is -0.128. The van der Waals surface area contributed by atoms with Gasteiger partial charge in [0.05, 0.1) is 5.75 Å². The Hall–Kier alpha value is -3.17. The van der Waals surface area contributed by atoms with Gasteiger partial charge in [-0.25, -0.2) is 4.39 Å². The predicted molar refractivity (Wildman–Crippen MR) is 127 cm³/mol. The minimum atomic E-state index is -0.315. The first-order chi connectivity index (χ1) is 16.1. The Morgan fingerprint density at radius 3 is 2.39 bits per heavy atom. The zero-order valence-corrected chi connectivity index (χ0v) is 19.1. The van der Waals surface area contributed by atoms with Gasteiger partial charge in [0.1, 0.15) is 10.8 Å². The topological polar surface area (TPSA) is 66.6 Å². The Balaban J connectivity index is 1.21. The van der Waals surface area contributed by atoms with E-state index in [9.17, 15) is 9.18 Å². The summed E-state index contributed by atoms with van der Waals surface area (Å²) in [5.74, 6) is 0.592. The molecule has 0 radical (unpaired) electrons. The van der Waals surface area contributed by atoms with Crippen LogP contribution in [0, 0.1) is 5.82 Å². The van der Waals surface area contributed by atoms with Crippen molar-refractivity contribution in [2.45, 2.75) is 5.03 Å². The molecule has 1 aliphatic rings. The lowest BCUT2D eigenvalue weighted by atomic mass is 10.2. The van der Waals surface area contributed by atoms with Crippen LogP contribution in [-0.4, -0.2) is 62.6 Å². The normalized spacial score (nSPS) is 14.1. The van der Waals surface area contributed by atoms with Crippen LogP contribution in [-0.2, 0) is 4.79 Å². The molecule has 3 heterocycles. The molecule has 10 heteroatoms. The van der Waals surface area contributed by atoms with Crippen molar-refractivity contribution in [2.24, 2.45) is 0 Å². The molecule has 7 nitrogen and oxygen atoms in total. The third-order valence-electron chi connectivity index (χ3n) is 5.51. The number of halogens is 2. The largest absolute Gasteiger partial charge is 0.368 e. The van der Waals surface area contributed by atoms with E-state index in [0.29, 0.717) is 45.9 Å². The molecule has 0 atom stereocenters. The maximum absolute atomic E-state index is 13.3. The van der Waals surface area contributed by atoms with E-state index in [1.165, 1.54) is 23.9 Å². The van der Waals surface area contributed by atoms with Crippen molar-refractivity contribution in [1.82, 2.24) is 24.7 Å². The third kappa shape index (κ3) is 4.79. The number of aromatic nitrogens is 4. The lowest BCUT2D eigenvalue weighted by Gasteiger charge is -2.36. The van der Waals surface area contributed by atoms with E-state index in [0.717, 1.165) is 18.8 Å². The Labute approximate surface area is 199 Å². The van der Waals surface area contributed by atoms with Crippen LogP contribution in [0.2, 0.25) is 5.02 Å². The molecule has 0 aliphatic carbocycles. The van der Waals surface area contributed by atoms with E-state index in [1.54, 1.807) is 16.6 Å². The molecule has 1 saturated heterocycles. The predicted octanol–water partition coefficient (Wildman–Crippen LogP) is 4.02. The number of hydrogen-bond acceptors (Lipinski definition) is 6. The molecule has 2 aromatic carbocycles. The standard InChI is InChI=1S/C23H20ClFN6OS/c24-17-3-7-19(8-4-17)29-11-13-30(14-12-29)22(32)15-33-21-10-9-20-26-27-23(31(20)28-21)16-1-5-18(25)6-2-16/h1-10H,11-15H2. The molecule has 1 fully saturated rings. The molecule has 1 amide bonds. The van der Waals surface area contributed by atoms with E-state index in [-0.39, 0.29) is 11.7 Å². The first-order valence-corrected chi connectivity index (χ1v) is 11.8. The van der Waals surface area contributed by atoms with Gasteiger partial charge < -0.3 is 9.80 Å². The molecular weight excluding hydrogens is 463 g/mol. The Kier molecular flexibility index (Phi) is 6.15. The van der Waals surface area contributed by atoms with Gasteiger partial charge in [0, 0.05) is 42.5 Å². The number of piperazine rings is 1. The Morgan fingerprint density at radius 1 is 0.939 bits per heavy atom. The summed E-state index contributed by atoms with van der Waals surface area (Å²) < 4.78 is 14.9. The van der Waals surface area contributed by atoms with Crippen molar-refractivity contribution in [3.05, 3.63) is 71.5 Å². The Morgan fingerprint density at radius 2 is 1.67 bits per heavy atom. The zero-order chi connectivity index (χ0) is 22.8. The van der Waals surface area contributed by atoms with Crippen molar-refractivity contribution in [1.29, 1.82) is 0 Å². The SMILES string of the molecule is O=C(CSc1ccc2nnc(-c3ccc(F)cc3)n2n1)N1CCN(c2ccc(Cl)cc2)CC1. The summed E-state index contributed by atoms with van der Waals surface area (Å²) in [7, 11) is 0. The van der Waals surface area contributed by atoms with Crippen molar-refractivity contribution >= 4 is 40.6 Å². The van der Waals surface area contributed by atoms with E-state index in [4.69, 9.17) is 11.6 Å². The molecule has 0 bridgehead atoms. The van der Waals surface area contributed by atoms with Crippen LogP contribution in [0.3, 0.4) is 0 Å². The zero-order valence-electron chi connectivity index (χ0n) is 17.6. The van der Waals surface area contributed by atoms with Crippen molar-refractivity contribution in [2.75, 3.05) is 36.8 Å². The monoisotopic (exact) mass is 482 g/mol. The summed E-state index contributed by atoms with van der Waals surface area (Å²) in [5.41, 5.74) is 2.42. The molecule has 0 unspecified atom stereocenters. The van der Waals surface area contributed by atoms with E-state index in [1.807, 2.05) is 41.3 Å². The second-order valence-corrected chi connectivity index (χ2v) is 9.04. The van der Waals surface area contributed by atoms with Crippen LogP contribution in [0.5, 0.6) is 0 Å². The van der Waals surface area contributed by atoms with Crippen LogP contribution in [0.4, 0.5) is 10.1 Å². The molecule has 5 rings (SSSR count). The van der Waals surface area contributed by atoms with Gasteiger partial charge >= 0.3 is 0 Å². The minimum Gasteiger partial charge on any atom is -0.368 e. The number of rotatable bonds is 5. The van der Waals surface area contributed by atoms with Crippen molar-refractivity contribution in [3.8, 4) is 11.4 Å². The average Bonchev–Trinajstić information content (AvgIpc) is 3.27. The number of carbonyl (C=O) groups is 1. The van der Waals surface area contributed by atoms with Gasteiger partial charge in [0.25, 0.3) is 0 Å². The van der Waals surface area contributed by atoms with Gasteiger partial charge in [-0.15, -0.1) is 10.2 Å². The van der Waals surface area contributed by atoms with Gasteiger partial charge in [0.15, 0.2) is 11.5 Å². The molecule has 1 aliphatic heterocycles. The van der Waals surface area contributed by atoms with E-state index < -0.39 is 0 Å². The quantitative estimate of drug-likeness (QED) is 0.400. The number of carbonyl (C=O) groups excluding carboxylic acids is 1. The smallest absolute Gasteiger partial charge is 0.233 e. The van der Waals surface area contributed by atoms with Gasteiger partial charge in [-0.2, -0.15) is 9.61 Å². The molecule has 0 saturated carbocycles. The minimum absolute atomic E-state index is 0.0835. The fraction of sp³-hybridized carbons (Fsp3) is 0.217. The Bertz CT molecular complexity index is 1270. The second kappa shape index (κ2) is 9.36. The molecule has 4 aromatic rings. The summed E-state index contributed by atoms with van der Waals surface area (Å²) in [5, 5.41) is 14.3. The maximum atomic E-state index is 13.3. The van der Waals surface area contributed by atoms with Crippen molar-refractivity contribution < 1.29 is 9.18 Å². The molecule has 0 spiro atoms. The molecular formula is C23H20ClFN6OS. The molecule has 33 heavy (non-hydrogen) atoms. The number of anilines is 1. The van der Waals surface area contributed by atoms with Crippen LogP contribution in [0.25, 0.3) is 17.0 Å². The molecule has 2 aromatic heterocycles. The van der Waals surface area contributed by atoms with E-state index >= 15 is 0 Å². The summed E-state index contributed by atoms with van der Waals surface area (Å²) >= 11 is 7.35. The highest BCUT2D eigenvalue weighted by atomic mass is 35.5. The fourth-order valence-electron chi connectivity index (χ4n) is 3.72. The second-order valence-electron chi connectivity index (χ2n) is 7.60. The van der Waals surface area contributed by atoms with Crippen LogP contribution < -0.4 is 4.90 Å². The van der Waals surface area contributed by atoms with Gasteiger partial charge in [-0.1, -0.05) is 23.4 Å². The maximum Gasteiger partial charge on any atom is 0.233 e. The summed E-state index contributed by atoms with van der Waals surface area (Å²) in [4.78, 5) is 16.9. The average molecular weight is 483 g/mol. The third-order valence-corrected chi connectivity index (χ3v) is 6.67. The highest BCUT2D eigenvalue weighted by Gasteiger charge is 2.21. The molecule has 0 N–H and O–H groups in total. The molecule has 168 valence electrons. The number of fused-ring (bicyclic) bond motifs is 1. The number of amides is 1. The highest BCUT2D eigenvalue weighted by Crippen LogP contribution is 2.23. The lowest BCUT2D eigenvalue weighted by Crippen LogP contribution is -2.49. The number of nitrogens with zero attached hydrogens (tertiary/aromatic N) is 6. The van der Waals surface area contributed by atoms with Crippen LogP contribution in [0.1, 0.15) is 0 Å². The fourth-order valence-corrected chi connectivity index (χ4v) is 4.60. The van der Waals surface area contributed by atoms with Gasteiger partial charge in [-0.3, -0.25) is 4.79 Å². The van der Waals surface area contributed by atoms with Crippen LogP contribution >= 0.6 is 23.4 Å². The first kappa shape index (κ1) is 21.7.